The van der Waals surface area contributed by atoms with Crippen molar-refractivity contribution < 1.29 is 4.39 Å². The van der Waals surface area contributed by atoms with Crippen LogP contribution in [0.1, 0.15) is 56.6 Å². The second-order valence-electron chi connectivity index (χ2n) is 6.72. The number of aromatic nitrogens is 3. The zero-order valence-electron chi connectivity index (χ0n) is 14.7. The lowest BCUT2D eigenvalue weighted by Gasteiger charge is -2.34. The molecule has 0 amide bonds. The molecule has 1 aromatic carbocycles. The highest BCUT2D eigenvalue weighted by Gasteiger charge is 2.28. The number of nitrogen functional groups attached to an aromatic ring is 1. The first-order valence-corrected chi connectivity index (χ1v) is 9.11. The molecule has 1 aromatic heterocycles. The number of alkyl halides is 1. The van der Waals surface area contributed by atoms with Gasteiger partial charge in [0.25, 0.3) is 0 Å². The van der Waals surface area contributed by atoms with Gasteiger partial charge in [0.1, 0.15) is 0 Å². The number of nitrogens with one attached hydrogen (secondary N) is 1. The van der Waals surface area contributed by atoms with Crippen LogP contribution in [0.4, 0.5) is 16.3 Å². The van der Waals surface area contributed by atoms with Gasteiger partial charge in [-0.1, -0.05) is 43.7 Å². The topological polar surface area (TPSA) is 76.7 Å². The Bertz CT molecular complexity index is 675. The van der Waals surface area contributed by atoms with Gasteiger partial charge in [-0.05, 0) is 43.6 Å². The van der Waals surface area contributed by atoms with Crippen molar-refractivity contribution in [1.29, 1.82) is 0 Å². The minimum Gasteiger partial charge on any atom is -0.368 e. The molecule has 5 nitrogen and oxygen atoms in total. The van der Waals surface area contributed by atoms with Crippen molar-refractivity contribution in [3.63, 3.8) is 0 Å². The predicted octanol–water partition coefficient (Wildman–Crippen LogP) is 4.09. The molecule has 2 unspecified atom stereocenters. The lowest BCUT2D eigenvalue weighted by Crippen LogP contribution is -2.35. The van der Waals surface area contributed by atoms with Crippen molar-refractivity contribution >= 4 is 11.9 Å². The van der Waals surface area contributed by atoms with Gasteiger partial charge in [0, 0.05) is 6.04 Å². The Labute approximate surface area is 148 Å². The van der Waals surface area contributed by atoms with E-state index in [9.17, 15) is 4.39 Å². The smallest absolute Gasteiger partial charge is 0.228 e. The van der Waals surface area contributed by atoms with Crippen molar-refractivity contribution in [2.45, 2.75) is 57.7 Å². The molecule has 1 aliphatic rings. The molecule has 3 N–H and O–H groups in total. The molecule has 1 fully saturated rings. The zero-order valence-corrected chi connectivity index (χ0v) is 14.7. The van der Waals surface area contributed by atoms with E-state index in [4.69, 9.17) is 5.73 Å². The number of hydrogen-bond donors (Lipinski definition) is 2. The van der Waals surface area contributed by atoms with E-state index in [1.54, 1.807) is 6.92 Å². The van der Waals surface area contributed by atoms with Gasteiger partial charge >= 0.3 is 0 Å². The van der Waals surface area contributed by atoms with Crippen LogP contribution in [0.15, 0.2) is 30.3 Å². The van der Waals surface area contributed by atoms with Crippen LogP contribution in [0.3, 0.4) is 0 Å². The number of nitrogens with zero attached hydrogens (tertiary/aromatic N) is 3. The van der Waals surface area contributed by atoms with Gasteiger partial charge in [-0.25, -0.2) is 4.39 Å². The summed E-state index contributed by atoms with van der Waals surface area (Å²) in [6, 6.07) is 10.7. The third-order valence-electron chi connectivity index (χ3n) is 4.93. The Morgan fingerprint density at radius 1 is 1.20 bits per heavy atom. The molecule has 0 aliphatic heterocycles. The van der Waals surface area contributed by atoms with Gasteiger partial charge in [-0.3, -0.25) is 0 Å². The second-order valence-corrected chi connectivity index (χ2v) is 6.72. The van der Waals surface area contributed by atoms with Gasteiger partial charge in [0.05, 0.1) is 0 Å². The summed E-state index contributed by atoms with van der Waals surface area (Å²) in [7, 11) is 0. The quantitative estimate of drug-likeness (QED) is 0.755. The number of hydrogen-bond acceptors (Lipinski definition) is 5. The summed E-state index contributed by atoms with van der Waals surface area (Å²) in [5.74, 6) is 1.19. The standard InChI is InChI=1S/C19H26FN5/c1-2-15(20)17-23-18(21)25-19(24-17)22-16(14-9-6-10-14)12-11-13-7-4-3-5-8-13/h3-5,7-8,14-16H,2,6,9-12H2,1H3,(H3,21,22,23,24,25). The maximum Gasteiger partial charge on any atom is 0.228 e. The lowest BCUT2D eigenvalue weighted by molar-refractivity contribution is 0.265. The Kier molecular flexibility index (Phi) is 5.79. The van der Waals surface area contributed by atoms with E-state index in [1.807, 2.05) is 6.07 Å². The van der Waals surface area contributed by atoms with Crippen molar-refractivity contribution in [2.24, 2.45) is 5.92 Å². The second kappa shape index (κ2) is 8.23. The van der Waals surface area contributed by atoms with Crippen LogP contribution in [0.25, 0.3) is 0 Å². The van der Waals surface area contributed by atoms with Crippen LogP contribution in [-0.4, -0.2) is 21.0 Å². The van der Waals surface area contributed by atoms with Crippen LogP contribution in [0.5, 0.6) is 0 Å². The largest absolute Gasteiger partial charge is 0.368 e. The normalized spacial score (nSPS) is 16.9. The molecule has 2 atom stereocenters. The van der Waals surface area contributed by atoms with Crippen molar-refractivity contribution in [3.8, 4) is 0 Å². The number of aryl methyl sites for hydroxylation is 1. The molecule has 134 valence electrons. The van der Waals surface area contributed by atoms with Crippen LogP contribution in [0.2, 0.25) is 0 Å². The summed E-state index contributed by atoms with van der Waals surface area (Å²) >= 11 is 0. The average molecular weight is 343 g/mol. The highest BCUT2D eigenvalue weighted by Crippen LogP contribution is 2.33. The average Bonchev–Trinajstić information content (AvgIpc) is 2.58. The molecule has 1 heterocycles. The molecular weight excluding hydrogens is 317 g/mol. The summed E-state index contributed by atoms with van der Waals surface area (Å²) in [4.78, 5) is 12.3. The first-order valence-electron chi connectivity index (χ1n) is 9.11. The molecule has 0 radical (unpaired) electrons. The van der Waals surface area contributed by atoms with Crippen LogP contribution in [0, 0.1) is 5.92 Å². The first-order chi connectivity index (χ1) is 12.2. The summed E-state index contributed by atoms with van der Waals surface area (Å²) in [5.41, 5.74) is 7.07. The first kappa shape index (κ1) is 17.6. The maximum absolute atomic E-state index is 13.9. The van der Waals surface area contributed by atoms with E-state index >= 15 is 0 Å². The summed E-state index contributed by atoms with van der Waals surface area (Å²) in [6.07, 6.45) is 4.77. The summed E-state index contributed by atoms with van der Waals surface area (Å²) < 4.78 is 13.9. The lowest BCUT2D eigenvalue weighted by atomic mass is 9.78. The number of nitrogens with two attached hydrogens (primary N) is 1. The Morgan fingerprint density at radius 2 is 1.96 bits per heavy atom. The fourth-order valence-corrected chi connectivity index (χ4v) is 3.20. The van der Waals surface area contributed by atoms with Crippen molar-refractivity contribution in [2.75, 3.05) is 11.1 Å². The van der Waals surface area contributed by atoms with Crippen LogP contribution in [-0.2, 0) is 6.42 Å². The van der Waals surface area contributed by atoms with Crippen LogP contribution >= 0.6 is 0 Å². The summed E-state index contributed by atoms with van der Waals surface area (Å²) in [5, 5.41) is 3.40. The fourth-order valence-electron chi connectivity index (χ4n) is 3.20. The van der Waals surface area contributed by atoms with Crippen molar-refractivity contribution in [3.05, 3.63) is 41.7 Å². The van der Waals surface area contributed by atoms with E-state index in [1.165, 1.54) is 24.8 Å². The molecule has 3 rings (SSSR count). The Balaban J connectivity index is 1.70. The third kappa shape index (κ3) is 4.65. The molecule has 2 aromatic rings. The zero-order chi connectivity index (χ0) is 17.6. The highest BCUT2D eigenvalue weighted by atomic mass is 19.1. The van der Waals surface area contributed by atoms with E-state index in [0.717, 1.165) is 12.8 Å². The van der Waals surface area contributed by atoms with Gasteiger partial charge < -0.3 is 11.1 Å². The third-order valence-corrected chi connectivity index (χ3v) is 4.93. The number of halogens is 1. The van der Waals surface area contributed by atoms with Gasteiger partial charge in [0.15, 0.2) is 12.0 Å². The molecular formula is C19H26FN5. The molecule has 25 heavy (non-hydrogen) atoms. The molecule has 0 saturated heterocycles. The van der Waals surface area contributed by atoms with Gasteiger partial charge in [0.2, 0.25) is 11.9 Å². The summed E-state index contributed by atoms with van der Waals surface area (Å²) in [6.45, 7) is 1.76. The number of anilines is 2. The molecule has 1 saturated carbocycles. The van der Waals surface area contributed by atoms with Crippen molar-refractivity contribution in [1.82, 2.24) is 15.0 Å². The number of benzene rings is 1. The predicted molar refractivity (Wildman–Crippen MR) is 97.9 cm³/mol. The SMILES string of the molecule is CCC(F)c1nc(N)nc(NC(CCc2ccccc2)C2CCC2)n1. The number of rotatable bonds is 8. The molecule has 0 bridgehead atoms. The molecule has 6 heteroatoms. The van der Waals surface area contributed by atoms with E-state index in [0.29, 0.717) is 18.3 Å². The fraction of sp³-hybridized carbons (Fsp3) is 0.526. The van der Waals surface area contributed by atoms with Crippen LogP contribution < -0.4 is 11.1 Å². The Hall–Kier alpha value is -2.24. The van der Waals surface area contributed by atoms with E-state index in [2.05, 4.69) is 44.5 Å². The van der Waals surface area contributed by atoms with Gasteiger partial charge in [-0.15, -0.1) is 0 Å². The minimum absolute atomic E-state index is 0.0685. The Morgan fingerprint density at radius 3 is 2.60 bits per heavy atom. The monoisotopic (exact) mass is 343 g/mol. The minimum atomic E-state index is -1.21. The van der Waals surface area contributed by atoms with Gasteiger partial charge in [-0.2, -0.15) is 15.0 Å². The molecule has 0 spiro atoms. The highest BCUT2D eigenvalue weighted by molar-refractivity contribution is 5.33. The van der Waals surface area contributed by atoms with E-state index < -0.39 is 6.17 Å². The molecule has 1 aliphatic carbocycles. The maximum atomic E-state index is 13.9. The van der Waals surface area contributed by atoms with E-state index in [-0.39, 0.29) is 17.8 Å².